The van der Waals surface area contributed by atoms with Crippen molar-refractivity contribution in [2.75, 3.05) is 24.2 Å². The highest BCUT2D eigenvalue weighted by molar-refractivity contribution is 7.92. The second-order valence-corrected chi connectivity index (χ2v) is 11.0. The fourth-order valence-electron chi connectivity index (χ4n) is 3.98. The molecule has 0 aliphatic rings. The fourth-order valence-corrected chi connectivity index (χ4v) is 5.00. The molecule has 0 saturated carbocycles. The van der Waals surface area contributed by atoms with Crippen LogP contribution >= 0.6 is 11.6 Å². The Morgan fingerprint density at radius 3 is 2.27 bits per heavy atom. The predicted octanol–water partition coefficient (Wildman–Crippen LogP) is 3.94. The number of nitrogens with zero attached hydrogens (tertiary/aromatic N) is 2. The molecule has 0 heterocycles. The van der Waals surface area contributed by atoms with E-state index in [-0.39, 0.29) is 29.6 Å². The summed E-state index contributed by atoms with van der Waals surface area (Å²) in [4.78, 5) is 28.2. The van der Waals surface area contributed by atoms with Crippen LogP contribution in [0.15, 0.2) is 72.8 Å². The summed E-state index contributed by atoms with van der Waals surface area (Å²) in [6.07, 6.45) is 1.17. The molecule has 0 bridgehead atoms. The van der Waals surface area contributed by atoms with Gasteiger partial charge in [0.05, 0.1) is 17.0 Å². The lowest BCUT2D eigenvalue weighted by atomic mass is 10.0. The monoisotopic (exact) mass is 545 g/mol. The molecule has 0 radical (unpaired) electrons. The molecule has 0 aliphatic carbocycles. The van der Waals surface area contributed by atoms with Gasteiger partial charge in [0, 0.05) is 20.0 Å². The number of aryl methyl sites for hydroxylation is 1. The SMILES string of the molecule is CNC(=O)C(Cc1ccccc1)N(Cc1cccc(C)c1)C(=O)CN(c1ccc(F)c(Cl)c1)S(C)(=O)=O. The quantitative estimate of drug-likeness (QED) is 0.418. The minimum atomic E-state index is -3.96. The van der Waals surface area contributed by atoms with Crippen LogP contribution in [0.25, 0.3) is 0 Å². The van der Waals surface area contributed by atoms with Crippen LogP contribution in [0.3, 0.4) is 0 Å². The fraction of sp³-hybridized carbons (Fsp3) is 0.259. The number of benzene rings is 3. The summed E-state index contributed by atoms with van der Waals surface area (Å²) in [6.45, 7) is 1.39. The second-order valence-electron chi connectivity index (χ2n) is 8.70. The highest BCUT2D eigenvalue weighted by Crippen LogP contribution is 2.25. The Morgan fingerprint density at radius 1 is 1.00 bits per heavy atom. The zero-order valence-electron chi connectivity index (χ0n) is 20.8. The summed E-state index contributed by atoms with van der Waals surface area (Å²) in [6, 6.07) is 19.3. The third kappa shape index (κ3) is 7.53. The van der Waals surface area contributed by atoms with Crippen molar-refractivity contribution in [1.82, 2.24) is 10.2 Å². The molecule has 3 rings (SSSR count). The molecule has 0 aliphatic heterocycles. The van der Waals surface area contributed by atoms with Gasteiger partial charge in [0.15, 0.2) is 0 Å². The van der Waals surface area contributed by atoms with E-state index in [0.717, 1.165) is 39.4 Å². The summed E-state index contributed by atoms with van der Waals surface area (Å²) in [7, 11) is -2.48. The molecule has 0 fully saturated rings. The average molecular weight is 546 g/mol. The van der Waals surface area contributed by atoms with E-state index in [0.29, 0.717) is 0 Å². The van der Waals surface area contributed by atoms with Gasteiger partial charge in [-0.15, -0.1) is 0 Å². The summed E-state index contributed by atoms with van der Waals surface area (Å²) in [5.74, 6) is -1.70. The van der Waals surface area contributed by atoms with Crippen molar-refractivity contribution in [1.29, 1.82) is 0 Å². The molecule has 1 unspecified atom stereocenters. The Morgan fingerprint density at radius 2 is 1.68 bits per heavy atom. The molecule has 10 heteroatoms. The van der Waals surface area contributed by atoms with Crippen molar-refractivity contribution in [3.63, 3.8) is 0 Å². The van der Waals surface area contributed by atoms with Crippen LogP contribution in [0.2, 0.25) is 5.02 Å². The molecule has 37 heavy (non-hydrogen) atoms. The largest absolute Gasteiger partial charge is 0.357 e. The van der Waals surface area contributed by atoms with Gasteiger partial charge in [-0.25, -0.2) is 12.8 Å². The van der Waals surface area contributed by atoms with Crippen molar-refractivity contribution < 1.29 is 22.4 Å². The van der Waals surface area contributed by atoms with Gasteiger partial charge >= 0.3 is 0 Å². The second kappa shape index (κ2) is 12.2. The Hall–Kier alpha value is -3.43. The first-order valence-corrected chi connectivity index (χ1v) is 13.8. The zero-order valence-corrected chi connectivity index (χ0v) is 22.4. The number of sulfonamides is 1. The van der Waals surface area contributed by atoms with Crippen LogP contribution in [-0.2, 0) is 32.6 Å². The lowest BCUT2D eigenvalue weighted by molar-refractivity contribution is -0.139. The molecule has 2 amide bonds. The van der Waals surface area contributed by atoms with Crippen LogP contribution in [0, 0.1) is 12.7 Å². The van der Waals surface area contributed by atoms with E-state index in [2.05, 4.69) is 5.32 Å². The lowest BCUT2D eigenvalue weighted by Gasteiger charge is -2.33. The normalized spacial score (nSPS) is 12.0. The first-order chi connectivity index (χ1) is 17.5. The van der Waals surface area contributed by atoms with Crippen LogP contribution < -0.4 is 9.62 Å². The molecule has 3 aromatic rings. The van der Waals surface area contributed by atoms with Gasteiger partial charge < -0.3 is 10.2 Å². The number of hydrogen-bond donors (Lipinski definition) is 1. The Bertz CT molecular complexity index is 1370. The Labute approximate surface area is 221 Å². The number of carbonyl (C=O) groups excluding carboxylic acids is 2. The molecule has 1 N–H and O–H groups in total. The van der Waals surface area contributed by atoms with E-state index >= 15 is 0 Å². The van der Waals surface area contributed by atoms with Crippen LogP contribution in [0.4, 0.5) is 10.1 Å². The maximum atomic E-state index is 13.8. The molecular formula is C27H29ClFN3O4S. The highest BCUT2D eigenvalue weighted by atomic mass is 35.5. The topological polar surface area (TPSA) is 86.8 Å². The summed E-state index contributed by atoms with van der Waals surface area (Å²) < 4.78 is 40.0. The lowest BCUT2D eigenvalue weighted by Crippen LogP contribution is -2.52. The minimum Gasteiger partial charge on any atom is -0.357 e. The molecule has 7 nitrogen and oxygen atoms in total. The zero-order chi connectivity index (χ0) is 27.2. The summed E-state index contributed by atoms with van der Waals surface area (Å²) >= 11 is 5.89. The van der Waals surface area contributed by atoms with E-state index in [1.54, 1.807) is 0 Å². The molecule has 0 spiro atoms. The van der Waals surface area contributed by atoms with Crippen molar-refractivity contribution in [2.45, 2.75) is 25.9 Å². The van der Waals surface area contributed by atoms with Crippen LogP contribution in [0.5, 0.6) is 0 Å². The van der Waals surface area contributed by atoms with Crippen molar-refractivity contribution in [3.8, 4) is 0 Å². The first-order valence-electron chi connectivity index (χ1n) is 11.5. The molecule has 3 aromatic carbocycles. The third-order valence-electron chi connectivity index (χ3n) is 5.82. The molecule has 0 aromatic heterocycles. The number of amides is 2. The smallest absolute Gasteiger partial charge is 0.244 e. The van der Waals surface area contributed by atoms with E-state index in [9.17, 15) is 22.4 Å². The number of anilines is 1. The van der Waals surface area contributed by atoms with E-state index in [4.69, 9.17) is 11.6 Å². The number of halogens is 2. The standard InChI is InChI=1S/C27H29ClFN3O4S/c1-19-8-7-11-21(14-19)17-31(25(27(34)30-2)15-20-9-5-4-6-10-20)26(33)18-32(37(3,35)36)22-12-13-24(29)23(28)16-22/h4-14,16,25H,15,17-18H2,1-3H3,(H,30,34). The highest BCUT2D eigenvalue weighted by Gasteiger charge is 2.32. The Balaban J connectivity index is 2.04. The van der Waals surface area contributed by atoms with Crippen LogP contribution in [0.1, 0.15) is 16.7 Å². The van der Waals surface area contributed by atoms with Crippen molar-refractivity contribution in [2.24, 2.45) is 0 Å². The van der Waals surface area contributed by atoms with E-state index < -0.39 is 34.3 Å². The Kier molecular flexibility index (Phi) is 9.29. The number of hydrogen-bond acceptors (Lipinski definition) is 4. The first kappa shape index (κ1) is 28.1. The molecular weight excluding hydrogens is 517 g/mol. The van der Waals surface area contributed by atoms with Crippen LogP contribution in [-0.4, -0.2) is 51.0 Å². The summed E-state index contributed by atoms with van der Waals surface area (Å²) in [5.41, 5.74) is 2.63. The minimum absolute atomic E-state index is 0.0392. The van der Waals surface area contributed by atoms with E-state index in [1.807, 2.05) is 61.5 Å². The van der Waals surface area contributed by atoms with Gasteiger partial charge in [0.2, 0.25) is 21.8 Å². The average Bonchev–Trinajstić information content (AvgIpc) is 2.86. The number of carbonyl (C=O) groups is 2. The predicted molar refractivity (Wildman–Crippen MR) is 143 cm³/mol. The van der Waals surface area contributed by atoms with Crippen molar-refractivity contribution >= 4 is 39.1 Å². The third-order valence-corrected chi connectivity index (χ3v) is 7.25. The number of nitrogens with one attached hydrogen (secondary N) is 1. The maximum absolute atomic E-state index is 13.8. The van der Waals surface area contributed by atoms with Gasteiger partial charge in [-0.2, -0.15) is 0 Å². The summed E-state index contributed by atoms with van der Waals surface area (Å²) in [5, 5.41) is 2.35. The molecule has 1 atom stereocenters. The van der Waals surface area contributed by atoms with Gasteiger partial charge in [-0.05, 0) is 36.2 Å². The van der Waals surface area contributed by atoms with Gasteiger partial charge in [-0.3, -0.25) is 13.9 Å². The van der Waals surface area contributed by atoms with Crippen molar-refractivity contribution in [3.05, 3.63) is 100 Å². The maximum Gasteiger partial charge on any atom is 0.244 e. The number of rotatable bonds is 10. The van der Waals surface area contributed by atoms with Gasteiger partial charge in [0.1, 0.15) is 18.4 Å². The molecule has 0 saturated heterocycles. The van der Waals surface area contributed by atoms with Gasteiger partial charge in [-0.1, -0.05) is 71.8 Å². The number of likely N-dealkylation sites (N-methyl/N-ethyl adjacent to an activating group) is 1. The van der Waals surface area contributed by atoms with E-state index in [1.165, 1.54) is 18.0 Å². The van der Waals surface area contributed by atoms with Gasteiger partial charge in [0.25, 0.3) is 0 Å². The molecule has 196 valence electrons.